The highest BCUT2D eigenvalue weighted by Gasteiger charge is 2.32. The van der Waals surface area contributed by atoms with E-state index in [2.05, 4.69) is 238 Å². The third kappa shape index (κ3) is 6.82. The quantitative estimate of drug-likeness (QED) is 0.152. The van der Waals surface area contributed by atoms with E-state index in [9.17, 15) is 0 Å². The molecule has 0 atom stereocenters. The molecule has 70 heavy (non-hydrogen) atoms. The van der Waals surface area contributed by atoms with Crippen molar-refractivity contribution in [2.45, 2.75) is 20.3 Å². The number of hydrogen-bond donors (Lipinski definition) is 0. The van der Waals surface area contributed by atoms with Crippen molar-refractivity contribution in [3.63, 3.8) is 0 Å². The normalized spacial score (nSPS) is 11.8. The van der Waals surface area contributed by atoms with Gasteiger partial charge in [0.1, 0.15) is 11.4 Å². The zero-order valence-electron chi connectivity index (χ0n) is 38.8. The number of rotatable bonds is 8. The third-order valence-corrected chi connectivity index (χ3v) is 15.5. The van der Waals surface area contributed by atoms with Crippen LogP contribution in [0.1, 0.15) is 22.3 Å². The van der Waals surface area contributed by atoms with Gasteiger partial charge in [0.2, 0.25) is 0 Å². The Morgan fingerprint density at radius 2 is 0.871 bits per heavy atom. The fraction of sp³-hybridized carbons (Fsp3) is 0.0455. The van der Waals surface area contributed by atoms with Gasteiger partial charge in [-0.1, -0.05) is 212 Å². The Morgan fingerprint density at radius 1 is 0.357 bits per heavy atom. The van der Waals surface area contributed by atoms with E-state index in [4.69, 9.17) is 15.4 Å². The Labute approximate surface area is 412 Å². The maximum atomic E-state index is 5.39. The molecule has 0 spiro atoms. The molecule has 13 rings (SSSR count). The number of thiophene rings is 1. The Kier molecular flexibility index (Phi) is 10.2. The van der Waals surface area contributed by atoms with Crippen LogP contribution in [0.2, 0.25) is 0 Å². The van der Waals surface area contributed by atoms with Gasteiger partial charge in [-0.3, -0.25) is 0 Å². The number of benzene rings is 10. The van der Waals surface area contributed by atoms with Crippen LogP contribution in [0.25, 0.3) is 121 Å². The number of fused-ring (bicyclic) bond motifs is 6. The molecule has 0 unspecified atom stereocenters. The van der Waals surface area contributed by atoms with Crippen LogP contribution in [0.3, 0.4) is 0 Å². The minimum atomic E-state index is 0.781. The van der Waals surface area contributed by atoms with Gasteiger partial charge in [-0.2, -0.15) is 0 Å². The molecular weight excluding hydrogens is 867 g/mol. The first-order valence-electron chi connectivity index (χ1n) is 24.0. The van der Waals surface area contributed by atoms with Crippen LogP contribution in [0.4, 0.5) is 0 Å². The fourth-order valence-corrected chi connectivity index (χ4v) is 12.3. The SMILES string of the molecule is Cc1cc2c(c(-c3nnnc(-c4c(-c5ccccc5)ccc(-c5ccccc5-c5ccccc5)c4-c4cccc5sc6ccccc6c45)c3-c3ccccc3-c3ccccc3)c1C)Cc1ccccc1-2. The van der Waals surface area contributed by atoms with Crippen LogP contribution in [-0.2, 0) is 6.42 Å². The molecule has 4 heteroatoms. The summed E-state index contributed by atoms with van der Waals surface area (Å²) in [7, 11) is 0. The van der Waals surface area contributed by atoms with Crippen molar-refractivity contribution >= 4 is 31.5 Å². The highest BCUT2D eigenvalue weighted by molar-refractivity contribution is 7.26. The standard InChI is InChI=1S/C66H45N3S/c1-41-39-56-49-30-13-12-27-46(49)40-57(56)60(42(41)2)65-64(52-32-17-15-29-48(52)44-23-8-4-9-24-44)66(68-69-67-65)63-50(45-25-10-5-11-26-45)37-38-53(51-31-16-14-28-47(51)43-21-6-3-7-22-43)62(63)55-34-20-36-59-61(55)54-33-18-19-35-58(54)70-59/h3-39H,40H2,1-2H3. The Bertz CT molecular complexity index is 3990. The minimum absolute atomic E-state index is 0.781. The van der Waals surface area contributed by atoms with Crippen LogP contribution in [0, 0.1) is 13.8 Å². The predicted octanol–water partition coefficient (Wildman–Crippen LogP) is 17.8. The molecule has 1 aliphatic rings. The monoisotopic (exact) mass is 911 g/mol. The first-order valence-corrected chi connectivity index (χ1v) is 24.8. The molecule has 1 aliphatic carbocycles. The second-order valence-corrected chi connectivity index (χ2v) is 19.4. The van der Waals surface area contributed by atoms with Crippen molar-refractivity contribution in [1.29, 1.82) is 0 Å². The van der Waals surface area contributed by atoms with E-state index in [1.54, 1.807) is 0 Å². The van der Waals surface area contributed by atoms with Crippen molar-refractivity contribution < 1.29 is 0 Å². The number of nitrogens with zero attached hydrogens (tertiary/aromatic N) is 3. The molecule has 0 saturated heterocycles. The summed E-state index contributed by atoms with van der Waals surface area (Å²) in [5, 5.41) is 18.0. The molecule has 10 aromatic carbocycles. The Balaban J connectivity index is 1.24. The lowest BCUT2D eigenvalue weighted by Crippen LogP contribution is -2.06. The number of aryl methyl sites for hydroxylation is 1. The molecule has 3 nitrogen and oxygen atoms in total. The average Bonchev–Trinajstić information content (AvgIpc) is 4.00. The Morgan fingerprint density at radius 3 is 1.57 bits per heavy atom. The lowest BCUT2D eigenvalue weighted by molar-refractivity contribution is 0.877. The van der Waals surface area contributed by atoms with Crippen molar-refractivity contribution in [1.82, 2.24) is 15.4 Å². The Hall–Kier alpha value is -8.57. The van der Waals surface area contributed by atoms with Gasteiger partial charge in [0.15, 0.2) is 0 Å². The third-order valence-electron chi connectivity index (χ3n) is 14.4. The average molecular weight is 912 g/mol. The summed E-state index contributed by atoms with van der Waals surface area (Å²) >= 11 is 1.84. The summed E-state index contributed by atoms with van der Waals surface area (Å²) in [5.74, 6) is 0. The van der Waals surface area contributed by atoms with Gasteiger partial charge in [0, 0.05) is 42.4 Å². The molecule has 0 N–H and O–H groups in total. The molecule has 0 saturated carbocycles. The molecule has 2 aromatic heterocycles. The lowest BCUT2D eigenvalue weighted by atomic mass is 9.79. The number of aromatic nitrogens is 3. The summed E-state index contributed by atoms with van der Waals surface area (Å²) in [4.78, 5) is 0. The van der Waals surface area contributed by atoms with E-state index in [1.807, 2.05) is 11.3 Å². The smallest absolute Gasteiger partial charge is 0.106 e. The van der Waals surface area contributed by atoms with Gasteiger partial charge in [-0.05, 0) is 127 Å². The van der Waals surface area contributed by atoms with E-state index < -0.39 is 0 Å². The topological polar surface area (TPSA) is 38.7 Å². The zero-order chi connectivity index (χ0) is 46.7. The molecule has 0 fully saturated rings. The molecule has 0 bridgehead atoms. The van der Waals surface area contributed by atoms with Crippen LogP contribution in [0.15, 0.2) is 224 Å². The second kappa shape index (κ2) is 17.2. The molecule has 330 valence electrons. The fourth-order valence-electron chi connectivity index (χ4n) is 11.1. The van der Waals surface area contributed by atoms with E-state index in [1.165, 1.54) is 53.6 Å². The molecule has 0 radical (unpaired) electrons. The summed E-state index contributed by atoms with van der Waals surface area (Å²) in [6.45, 7) is 4.49. The lowest BCUT2D eigenvalue weighted by Gasteiger charge is -2.25. The number of hydrogen-bond acceptors (Lipinski definition) is 4. The first-order chi connectivity index (χ1) is 34.6. The van der Waals surface area contributed by atoms with Crippen molar-refractivity contribution in [3.8, 4) is 100 Å². The van der Waals surface area contributed by atoms with Gasteiger partial charge in [0.05, 0.1) is 0 Å². The van der Waals surface area contributed by atoms with Gasteiger partial charge >= 0.3 is 0 Å². The van der Waals surface area contributed by atoms with Crippen molar-refractivity contribution in [3.05, 3.63) is 247 Å². The van der Waals surface area contributed by atoms with Crippen molar-refractivity contribution in [2.75, 3.05) is 0 Å². The molecule has 2 heterocycles. The highest BCUT2D eigenvalue weighted by Crippen LogP contribution is 2.55. The van der Waals surface area contributed by atoms with E-state index in [-0.39, 0.29) is 0 Å². The van der Waals surface area contributed by atoms with Gasteiger partial charge in [-0.15, -0.1) is 21.5 Å². The van der Waals surface area contributed by atoms with Crippen LogP contribution in [-0.4, -0.2) is 15.4 Å². The molecule has 12 aromatic rings. The van der Waals surface area contributed by atoms with Gasteiger partial charge in [-0.25, -0.2) is 0 Å². The molecular formula is C66H45N3S. The maximum Gasteiger partial charge on any atom is 0.106 e. The van der Waals surface area contributed by atoms with Gasteiger partial charge < -0.3 is 0 Å². The van der Waals surface area contributed by atoms with Gasteiger partial charge in [0.25, 0.3) is 0 Å². The zero-order valence-corrected chi connectivity index (χ0v) is 39.6. The molecule has 0 amide bonds. The summed E-state index contributed by atoms with van der Waals surface area (Å²) in [6.07, 6.45) is 0.806. The summed E-state index contributed by atoms with van der Waals surface area (Å²) in [5.41, 5.74) is 24.5. The van der Waals surface area contributed by atoms with Crippen LogP contribution in [0.5, 0.6) is 0 Å². The first kappa shape index (κ1) is 41.6. The second-order valence-electron chi connectivity index (χ2n) is 18.3. The molecule has 0 aliphatic heterocycles. The van der Waals surface area contributed by atoms with Crippen molar-refractivity contribution in [2.24, 2.45) is 0 Å². The van der Waals surface area contributed by atoms with E-state index in [0.29, 0.717) is 0 Å². The summed E-state index contributed by atoms with van der Waals surface area (Å²) < 4.78 is 2.49. The van der Waals surface area contributed by atoms with E-state index >= 15 is 0 Å². The van der Waals surface area contributed by atoms with Crippen LogP contribution < -0.4 is 0 Å². The summed E-state index contributed by atoms with van der Waals surface area (Å²) in [6, 6.07) is 81.5. The largest absolute Gasteiger partial charge is 0.135 e. The van der Waals surface area contributed by atoms with E-state index in [0.717, 1.165) is 95.7 Å². The highest BCUT2D eigenvalue weighted by atomic mass is 32.1. The maximum absolute atomic E-state index is 5.39. The minimum Gasteiger partial charge on any atom is -0.135 e. The predicted molar refractivity (Wildman–Crippen MR) is 294 cm³/mol. The van der Waals surface area contributed by atoms with Crippen LogP contribution >= 0.6 is 11.3 Å².